The summed E-state index contributed by atoms with van der Waals surface area (Å²) in [6, 6.07) is 0. The minimum absolute atomic E-state index is 0.133. The molecule has 0 aromatic heterocycles. The average Bonchev–Trinajstić information content (AvgIpc) is 2.19. The van der Waals surface area contributed by atoms with Crippen molar-refractivity contribution in [3.8, 4) is 0 Å². The second-order valence-electron chi connectivity index (χ2n) is 5.66. The summed E-state index contributed by atoms with van der Waals surface area (Å²) in [5, 5.41) is 30.7. The van der Waals surface area contributed by atoms with E-state index in [1.807, 2.05) is 13.8 Å². The summed E-state index contributed by atoms with van der Waals surface area (Å²) >= 11 is 0. The maximum Gasteiger partial charge on any atom is 0.0775 e. The Morgan fingerprint density at radius 1 is 1.13 bits per heavy atom. The van der Waals surface area contributed by atoms with Gasteiger partial charge < -0.3 is 15.3 Å². The molecule has 88 valence electrons. The van der Waals surface area contributed by atoms with Crippen molar-refractivity contribution < 1.29 is 15.3 Å². The Bertz CT molecular complexity index is 255. The molecule has 2 aliphatic carbocycles. The molecule has 2 aliphatic rings. The second kappa shape index (κ2) is 3.44. The summed E-state index contributed by atoms with van der Waals surface area (Å²) in [4.78, 5) is 0. The van der Waals surface area contributed by atoms with Gasteiger partial charge in [0.25, 0.3) is 0 Å². The van der Waals surface area contributed by atoms with Crippen LogP contribution in [0.25, 0.3) is 0 Å². The number of hydrogen-bond donors (Lipinski definition) is 3. The average molecular weight is 214 g/mol. The molecule has 2 rings (SSSR count). The molecule has 3 nitrogen and oxygen atoms in total. The Hall–Kier alpha value is -0.120. The van der Waals surface area contributed by atoms with Crippen LogP contribution >= 0.6 is 0 Å². The highest BCUT2D eigenvalue weighted by Gasteiger charge is 2.60. The van der Waals surface area contributed by atoms with Crippen LogP contribution in [-0.4, -0.2) is 33.1 Å². The van der Waals surface area contributed by atoms with E-state index in [0.717, 1.165) is 19.3 Å². The van der Waals surface area contributed by atoms with Gasteiger partial charge in [0.1, 0.15) is 0 Å². The fourth-order valence-electron chi connectivity index (χ4n) is 3.60. The lowest BCUT2D eigenvalue weighted by molar-refractivity contribution is -0.238. The van der Waals surface area contributed by atoms with Crippen LogP contribution in [-0.2, 0) is 0 Å². The zero-order valence-corrected chi connectivity index (χ0v) is 9.61. The minimum atomic E-state index is -0.887. The molecule has 0 aliphatic heterocycles. The van der Waals surface area contributed by atoms with Gasteiger partial charge in [0.2, 0.25) is 0 Å². The van der Waals surface area contributed by atoms with Crippen LogP contribution in [0.1, 0.15) is 46.0 Å². The Balaban J connectivity index is 2.37. The second-order valence-corrected chi connectivity index (χ2v) is 5.66. The number of rotatable bonds is 0. The SMILES string of the molecule is C[C@H]1[C@@H](O)C[C@H](O)[C@@]2(C)CCCC[C@]12O. The number of hydrogen-bond acceptors (Lipinski definition) is 3. The van der Waals surface area contributed by atoms with Crippen LogP contribution < -0.4 is 0 Å². The monoisotopic (exact) mass is 214 g/mol. The van der Waals surface area contributed by atoms with E-state index < -0.39 is 23.2 Å². The van der Waals surface area contributed by atoms with Crippen molar-refractivity contribution in [3.05, 3.63) is 0 Å². The molecule has 3 heteroatoms. The van der Waals surface area contributed by atoms with E-state index >= 15 is 0 Å². The van der Waals surface area contributed by atoms with Crippen molar-refractivity contribution in [2.75, 3.05) is 0 Å². The third kappa shape index (κ3) is 1.37. The first-order valence-corrected chi connectivity index (χ1v) is 6.00. The Kier molecular flexibility index (Phi) is 2.61. The maximum absolute atomic E-state index is 10.7. The van der Waals surface area contributed by atoms with Gasteiger partial charge >= 0.3 is 0 Å². The van der Waals surface area contributed by atoms with E-state index in [0.29, 0.717) is 12.8 Å². The zero-order valence-electron chi connectivity index (χ0n) is 9.61. The van der Waals surface area contributed by atoms with Crippen LogP contribution in [0, 0.1) is 11.3 Å². The highest BCUT2D eigenvalue weighted by atomic mass is 16.3. The third-order valence-corrected chi connectivity index (χ3v) is 5.02. The predicted octanol–water partition coefficient (Wildman–Crippen LogP) is 1.06. The summed E-state index contributed by atoms with van der Waals surface area (Å²) in [6.45, 7) is 3.87. The number of aliphatic hydroxyl groups is 3. The van der Waals surface area contributed by atoms with E-state index in [1.54, 1.807) is 0 Å². The molecule has 0 spiro atoms. The predicted molar refractivity (Wildman–Crippen MR) is 57.3 cm³/mol. The summed E-state index contributed by atoms with van der Waals surface area (Å²) in [7, 11) is 0. The molecule has 3 N–H and O–H groups in total. The smallest absolute Gasteiger partial charge is 0.0775 e. The van der Waals surface area contributed by atoms with Gasteiger partial charge in [-0.25, -0.2) is 0 Å². The van der Waals surface area contributed by atoms with Gasteiger partial charge in [-0.1, -0.05) is 26.7 Å². The quantitative estimate of drug-likeness (QED) is 0.565. The lowest BCUT2D eigenvalue weighted by Crippen LogP contribution is -2.65. The van der Waals surface area contributed by atoms with E-state index in [4.69, 9.17) is 0 Å². The van der Waals surface area contributed by atoms with Crippen molar-refractivity contribution in [1.29, 1.82) is 0 Å². The third-order valence-electron chi connectivity index (χ3n) is 5.02. The first-order chi connectivity index (χ1) is 6.92. The van der Waals surface area contributed by atoms with Crippen LogP contribution in [0.3, 0.4) is 0 Å². The van der Waals surface area contributed by atoms with Gasteiger partial charge in [-0.3, -0.25) is 0 Å². The molecule has 0 amide bonds. The van der Waals surface area contributed by atoms with E-state index in [9.17, 15) is 15.3 Å². The molecule has 0 unspecified atom stereocenters. The molecule has 0 aromatic carbocycles. The molecule has 0 saturated heterocycles. The molecule has 0 bridgehead atoms. The van der Waals surface area contributed by atoms with Crippen LogP contribution in [0.5, 0.6) is 0 Å². The van der Waals surface area contributed by atoms with E-state index in [1.165, 1.54) is 0 Å². The number of fused-ring (bicyclic) bond motifs is 1. The Morgan fingerprint density at radius 3 is 2.40 bits per heavy atom. The van der Waals surface area contributed by atoms with Crippen molar-refractivity contribution >= 4 is 0 Å². The lowest BCUT2D eigenvalue weighted by atomic mass is 9.52. The Morgan fingerprint density at radius 2 is 1.73 bits per heavy atom. The largest absolute Gasteiger partial charge is 0.393 e. The molecule has 5 atom stereocenters. The van der Waals surface area contributed by atoms with Crippen molar-refractivity contribution in [2.45, 2.75) is 63.8 Å². The first kappa shape index (κ1) is 11.4. The summed E-state index contributed by atoms with van der Waals surface area (Å²) in [5.74, 6) is -0.133. The van der Waals surface area contributed by atoms with Gasteiger partial charge in [0.15, 0.2) is 0 Å². The molecular formula is C12H22O3. The van der Waals surface area contributed by atoms with Gasteiger partial charge in [-0.15, -0.1) is 0 Å². The van der Waals surface area contributed by atoms with Gasteiger partial charge in [-0.05, 0) is 12.8 Å². The van der Waals surface area contributed by atoms with E-state index in [-0.39, 0.29) is 5.92 Å². The van der Waals surface area contributed by atoms with Crippen molar-refractivity contribution in [3.63, 3.8) is 0 Å². The molecule has 0 heterocycles. The molecule has 2 saturated carbocycles. The topological polar surface area (TPSA) is 60.7 Å². The van der Waals surface area contributed by atoms with Gasteiger partial charge in [0, 0.05) is 17.8 Å². The molecule has 2 fully saturated rings. The first-order valence-electron chi connectivity index (χ1n) is 6.00. The van der Waals surface area contributed by atoms with Gasteiger partial charge in [-0.2, -0.15) is 0 Å². The zero-order chi connectivity index (χ0) is 11.3. The summed E-state index contributed by atoms with van der Waals surface area (Å²) in [6.07, 6.45) is 2.89. The number of aliphatic hydroxyl groups excluding tert-OH is 2. The fraction of sp³-hybridized carbons (Fsp3) is 1.00. The highest BCUT2D eigenvalue weighted by molar-refractivity contribution is 5.10. The van der Waals surface area contributed by atoms with E-state index in [2.05, 4.69) is 0 Å². The summed E-state index contributed by atoms with van der Waals surface area (Å²) in [5.41, 5.74) is -1.31. The molecule has 0 aromatic rings. The standard InChI is InChI=1S/C12H22O3/c1-8-9(13)7-10(14)11(2)5-3-4-6-12(8,11)15/h8-10,13-15H,3-7H2,1-2H3/t8-,9-,10-,11+,12-/m0/s1. The van der Waals surface area contributed by atoms with Crippen molar-refractivity contribution in [2.24, 2.45) is 11.3 Å². The maximum atomic E-state index is 10.7. The fourth-order valence-corrected chi connectivity index (χ4v) is 3.60. The molecule has 15 heavy (non-hydrogen) atoms. The lowest BCUT2D eigenvalue weighted by Gasteiger charge is -2.58. The molecule has 0 radical (unpaired) electrons. The summed E-state index contributed by atoms with van der Waals surface area (Å²) < 4.78 is 0. The van der Waals surface area contributed by atoms with Crippen molar-refractivity contribution in [1.82, 2.24) is 0 Å². The normalized spacial score (nSPS) is 56.2. The van der Waals surface area contributed by atoms with Crippen LogP contribution in [0.4, 0.5) is 0 Å². The van der Waals surface area contributed by atoms with Crippen LogP contribution in [0.2, 0.25) is 0 Å². The minimum Gasteiger partial charge on any atom is -0.393 e. The van der Waals surface area contributed by atoms with Gasteiger partial charge in [0.05, 0.1) is 17.8 Å². The molecular weight excluding hydrogens is 192 g/mol. The Labute approximate surface area is 91.1 Å². The van der Waals surface area contributed by atoms with Crippen LogP contribution in [0.15, 0.2) is 0 Å². The highest BCUT2D eigenvalue weighted by Crippen LogP contribution is 2.55.